The van der Waals surface area contributed by atoms with E-state index in [2.05, 4.69) is 205 Å². The molecule has 0 fully saturated rings. The highest BCUT2D eigenvalue weighted by atomic mass is 16.3. The van der Waals surface area contributed by atoms with E-state index in [4.69, 9.17) is 8.83 Å². The van der Waals surface area contributed by atoms with Crippen molar-refractivity contribution in [2.45, 2.75) is 0 Å². The van der Waals surface area contributed by atoms with E-state index in [0.29, 0.717) is 0 Å². The zero-order chi connectivity index (χ0) is 38.9. The molecule has 0 saturated heterocycles. The highest BCUT2D eigenvalue weighted by Crippen LogP contribution is 2.49. The highest BCUT2D eigenvalue weighted by Gasteiger charge is 2.24. The van der Waals surface area contributed by atoms with Crippen LogP contribution < -0.4 is 4.90 Å². The number of fused-ring (bicyclic) bond motifs is 9. The van der Waals surface area contributed by atoms with Gasteiger partial charge in [-0.25, -0.2) is 0 Å². The first-order chi connectivity index (χ1) is 29.2. The average molecular weight is 754 g/mol. The van der Waals surface area contributed by atoms with Crippen LogP contribution in [0.5, 0.6) is 0 Å². The van der Waals surface area contributed by atoms with Crippen molar-refractivity contribution in [1.29, 1.82) is 0 Å². The summed E-state index contributed by atoms with van der Waals surface area (Å²) < 4.78 is 13.2. The van der Waals surface area contributed by atoms with Crippen molar-refractivity contribution in [3.8, 4) is 33.4 Å². The maximum Gasteiger partial charge on any atom is 0.145 e. The third kappa shape index (κ3) is 5.44. The summed E-state index contributed by atoms with van der Waals surface area (Å²) in [6.07, 6.45) is 0. The molecule has 0 saturated carbocycles. The summed E-state index contributed by atoms with van der Waals surface area (Å²) in [5.41, 5.74) is 13.5. The van der Waals surface area contributed by atoms with Crippen molar-refractivity contribution in [1.82, 2.24) is 0 Å². The fourth-order valence-electron chi connectivity index (χ4n) is 9.04. The van der Waals surface area contributed by atoms with Crippen molar-refractivity contribution in [2.75, 3.05) is 4.90 Å². The Hall–Kier alpha value is -7.88. The SMILES string of the molecule is c1ccc(-c2ccc(-c3ccc(N(c4ccc(-c5ccc6c(c5)oc5ccccc56)cc4)c4cccc5ccc6ccccc6c45)c4c3oc3ccccc34)cc2)cc1. The van der Waals surface area contributed by atoms with Gasteiger partial charge in [0.2, 0.25) is 0 Å². The number of hydrogen-bond acceptors (Lipinski definition) is 3. The first kappa shape index (κ1) is 33.3. The van der Waals surface area contributed by atoms with Gasteiger partial charge in [-0.3, -0.25) is 0 Å². The molecular formula is C56H35NO2. The van der Waals surface area contributed by atoms with Crippen LogP contribution in [0, 0.1) is 0 Å². The number of para-hydroxylation sites is 2. The normalized spacial score (nSPS) is 11.7. The quantitative estimate of drug-likeness (QED) is 0.158. The van der Waals surface area contributed by atoms with Crippen LogP contribution in [-0.4, -0.2) is 0 Å². The Morgan fingerprint density at radius 3 is 1.71 bits per heavy atom. The van der Waals surface area contributed by atoms with Crippen molar-refractivity contribution in [3.63, 3.8) is 0 Å². The molecule has 0 aliphatic rings. The maximum absolute atomic E-state index is 6.87. The third-order valence-corrected chi connectivity index (χ3v) is 11.9. The summed E-state index contributed by atoms with van der Waals surface area (Å²) in [4.78, 5) is 2.42. The van der Waals surface area contributed by atoms with E-state index in [1.807, 2.05) is 12.1 Å². The highest BCUT2D eigenvalue weighted by molar-refractivity contribution is 6.20. The summed E-state index contributed by atoms with van der Waals surface area (Å²) in [6.45, 7) is 0. The monoisotopic (exact) mass is 753 g/mol. The second kappa shape index (κ2) is 13.4. The molecule has 12 aromatic rings. The van der Waals surface area contributed by atoms with Crippen LogP contribution in [0.3, 0.4) is 0 Å². The standard InChI is InChI=1S/C56H35NO2/c1-2-11-36(12-3-1)37-21-23-40(24-22-37)45-33-34-50(55-48-17-7-9-20-52(48)59-56(45)55)57(49-18-10-14-41-26-25-39-13-4-5-15-44(39)54(41)49)43-30-27-38(28-31-43)42-29-32-47-46-16-6-8-19-51(46)58-53(47)35-42/h1-35H. The van der Waals surface area contributed by atoms with E-state index in [9.17, 15) is 0 Å². The maximum atomic E-state index is 6.87. The van der Waals surface area contributed by atoms with Crippen molar-refractivity contribution >= 4 is 82.5 Å². The van der Waals surface area contributed by atoms with Gasteiger partial charge in [0.15, 0.2) is 0 Å². The van der Waals surface area contributed by atoms with Gasteiger partial charge in [-0.05, 0) is 98.6 Å². The molecule has 0 aliphatic carbocycles. The Morgan fingerprint density at radius 1 is 0.305 bits per heavy atom. The molecule has 0 unspecified atom stereocenters. The van der Waals surface area contributed by atoms with Crippen LogP contribution in [0.4, 0.5) is 17.1 Å². The fraction of sp³-hybridized carbons (Fsp3) is 0. The Balaban J connectivity index is 1.07. The van der Waals surface area contributed by atoms with E-state index >= 15 is 0 Å². The van der Waals surface area contributed by atoms with Gasteiger partial charge in [0, 0.05) is 32.8 Å². The third-order valence-electron chi connectivity index (χ3n) is 11.9. The van der Waals surface area contributed by atoms with Gasteiger partial charge in [-0.1, -0.05) is 158 Å². The summed E-state index contributed by atoms with van der Waals surface area (Å²) in [7, 11) is 0. The van der Waals surface area contributed by atoms with Crippen molar-refractivity contribution in [2.24, 2.45) is 0 Å². The largest absolute Gasteiger partial charge is 0.456 e. The lowest BCUT2D eigenvalue weighted by Crippen LogP contribution is -2.11. The van der Waals surface area contributed by atoms with Crippen LogP contribution in [0.1, 0.15) is 0 Å². The molecule has 2 heterocycles. The molecule has 3 heteroatoms. The molecule has 0 aliphatic heterocycles. The lowest BCUT2D eigenvalue weighted by molar-refractivity contribution is 0.669. The van der Waals surface area contributed by atoms with Crippen LogP contribution in [-0.2, 0) is 0 Å². The Bertz CT molecular complexity index is 3540. The number of nitrogens with zero attached hydrogens (tertiary/aromatic N) is 1. The van der Waals surface area contributed by atoms with Gasteiger partial charge in [0.25, 0.3) is 0 Å². The fourth-order valence-corrected chi connectivity index (χ4v) is 9.04. The van der Waals surface area contributed by atoms with Gasteiger partial charge >= 0.3 is 0 Å². The number of anilines is 3. The second-order valence-corrected chi connectivity index (χ2v) is 15.2. The molecule has 12 rings (SSSR count). The van der Waals surface area contributed by atoms with E-state index in [-0.39, 0.29) is 0 Å². The van der Waals surface area contributed by atoms with Gasteiger partial charge in [-0.2, -0.15) is 0 Å². The first-order valence-corrected chi connectivity index (χ1v) is 20.1. The minimum Gasteiger partial charge on any atom is -0.456 e. The minimum absolute atomic E-state index is 0.858. The van der Waals surface area contributed by atoms with E-state index < -0.39 is 0 Å². The van der Waals surface area contributed by atoms with Crippen LogP contribution in [0.2, 0.25) is 0 Å². The Kier molecular flexibility index (Phi) is 7.54. The van der Waals surface area contributed by atoms with Crippen LogP contribution in [0.25, 0.3) is 98.8 Å². The molecule has 0 bridgehead atoms. The molecule has 59 heavy (non-hydrogen) atoms. The van der Waals surface area contributed by atoms with Crippen molar-refractivity contribution < 1.29 is 8.83 Å². The van der Waals surface area contributed by atoms with Crippen LogP contribution >= 0.6 is 0 Å². The first-order valence-electron chi connectivity index (χ1n) is 20.1. The van der Waals surface area contributed by atoms with Gasteiger partial charge < -0.3 is 13.7 Å². The van der Waals surface area contributed by atoms with Gasteiger partial charge in [-0.15, -0.1) is 0 Å². The van der Waals surface area contributed by atoms with E-state index in [1.54, 1.807) is 0 Å². The Morgan fingerprint density at radius 2 is 0.881 bits per heavy atom. The smallest absolute Gasteiger partial charge is 0.145 e. The molecule has 0 spiro atoms. The van der Waals surface area contributed by atoms with E-state index in [1.165, 1.54) is 32.7 Å². The molecule has 0 N–H and O–H groups in total. The Labute approximate surface area is 340 Å². The predicted octanol–water partition coefficient (Wildman–Crippen LogP) is 16.3. The summed E-state index contributed by atoms with van der Waals surface area (Å²) in [5, 5.41) is 9.21. The lowest BCUT2D eigenvalue weighted by atomic mass is 9.96. The average Bonchev–Trinajstić information content (AvgIpc) is 3.89. The predicted molar refractivity (Wildman–Crippen MR) is 247 cm³/mol. The zero-order valence-corrected chi connectivity index (χ0v) is 32.0. The molecule has 2 aromatic heterocycles. The molecular weight excluding hydrogens is 719 g/mol. The molecule has 0 radical (unpaired) electrons. The number of hydrogen-bond donors (Lipinski definition) is 0. The second-order valence-electron chi connectivity index (χ2n) is 15.2. The topological polar surface area (TPSA) is 29.5 Å². The summed E-state index contributed by atoms with van der Waals surface area (Å²) >= 11 is 0. The molecule has 0 amide bonds. The number of benzene rings is 10. The summed E-state index contributed by atoms with van der Waals surface area (Å²) in [6, 6.07) is 75.7. The minimum atomic E-state index is 0.858. The van der Waals surface area contributed by atoms with Gasteiger partial charge in [0.05, 0.1) is 16.8 Å². The zero-order valence-electron chi connectivity index (χ0n) is 32.0. The van der Waals surface area contributed by atoms with Crippen molar-refractivity contribution in [3.05, 3.63) is 212 Å². The number of furan rings is 2. The van der Waals surface area contributed by atoms with Crippen LogP contribution in [0.15, 0.2) is 221 Å². The summed E-state index contributed by atoms with van der Waals surface area (Å²) in [5.74, 6) is 0. The van der Waals surface area contributed by atoms with Gasteiger partial charge in [0.1, 0.15) is 22.3 Å². The lowest BCUT2D eigenvalue weighted by Gasteiger charge is -2.28. The van der Waals surface area contributed by atoms with E-state index in [0.717, 1.165) is 83.2 Å². The number of rotatable bonds is 6. The molecule has 3 nitrogen and oxygen atoms in total. The molecule has 0 atom stereocenters. The molecule has 10 aromatic carbocycles. The molecule has 276 valence electrons.